The van der Waals surface area contributed by atoms with Gasteiger partial charge in [-0.3, -0.25) is 18.7 Å². The van der Waals surface area contributed by atoms with Crippen molar-refractivity contribution in [3.05, 3.63) is 61.9 Å². The van der Waals surface area contributed by atoms with E-state index in [0.29, 0.717) is 5.13 Å². The number of hydrogen-bond donors (Lipinski definition) is 1. The third-order valence-corrected chi connectivity index (χ3v) is 5.56. The van der Waals surface area contributed by atoms with Gasteiger partial charge in [0.15, 0.2) is 16.3 Å². The van der Waals surface area contributed by atoms with Crippen molar-refractivity contribution < 1.29 is 4.79 Å². The molecule has 1 N–H and O–H groups in total. The van der Waals surface area contributed by atoms with Crippen molar-refractivity contribution in [1.82, 2.24) is 23.7 Å². The van der Waals surface area contributed by atoms with Gasteiger partial charge >= 0.3 is 5.69 Å². The van der Waals surface area contributed by atoms with E-state index in [9.17, 15) is 14.4 Å². The number of hydrogen-bond acceptors (Lipinski definition) is 6. The van der Waals surface area contributed by atoms with E-state index in [1.54, 1.807) is 0 Å². The topological polar surface area (TPSA) is 104 Å². The number of nitrogens with zero attached hydrogens (tertiary/aromatic N) is 5. The van der Waals surface area contributed by atoms with E-state index in [0.717, 1.165) is 27.0 Å². The number of benzene rings is 1. The van der Waals surface area contributed by atoms with Crippen LogP contribution in [0, 0.1) is 13.8 Å². The van der Waals surface area contributed by atoms with Gasteiger partial charge in [0, 0.05) is 25.0 Å². The Morgan fingerprint density at radius 3 is 2.50 bits per heavy atom. The van der Waals surface area contributed by atoms with Crippen LogP contribution in [0.25, 0.3) is 22.4 Å². The fourth-order valence-corrected chi connectivity index (χ4v) is 4.15. The van der Waals surface area contributed by atoms with Gasteiger partial charge < -0.3 is 9.88 Å². The predicted molar refractivity (Wildman–Crippen MR) is 116 cm³/mol. The quantitative estimate of drug-likeness (QED) is 0.538. The van der Waals surface area contributed by atoms with Gasteiger partial charge in [0.2, 0.25) is 5.91 Å². The summed E-state index contributed by atoms with van der Waals surface area (Å²) in [6, 6.07) is 6.19. The molecule has 0 aliphatic heterocycles. The Hall–Kier alpha value is -3.53. The van der Waals surface area contributed by atoms with Crippen molar-refractivity contribution in [1.29, 1.82) is 0 Å². The lowest BCUT2D eigenvalue weighted by molar-refractivity contribution is -0.116. The summed E-state index contributed by atoms with van der Waals surface area (Å²) >= 11 is 1.33. The van der Waals surface area contributed by atoms with Crippen LogP contribution in [-0.4, -0.2) is 29.6 Å². The van der Waals surface area contributed by atoms with Crippen molar-refractivity contribution in [2.45, 2.75) is 20.4 Å². The fraction of sp³-hybridized carbons (Fsp3) is 0.250. The average molecular weight is 424 g/mol. The van der Waals surface area contributed by atoms with Crippen LogP contribution < -0.4 is 16.6 Å². The summed E-state index contributed by atoms with van der Waals surface area (Å²) < 4.78 is 3.71. The van der Waals surface area contributed by atoms with Gasteiger partial charge in [0.1, 0.15) is 6.54 Å². The number of anilines is 1. The minimum absolute atomic E-state index is 0.123. The summed E-state index contributed by atoms with van der Waals surface area (Å²) in [4.78, 5) is 45.7. The second-order valence-electron chi connectivity index (χ2n) is 7.21. The summed E-state index contributed by atoms with van der Waals surface area (Å²) in [7, 11) is 2.93. The lowest BCUT2D eigenvalue weighted by Gasteiger charge is -2.06. The normalized spacial score (nSPS) is 11.2. The van der Waals surface area contributed by atoms with Crippen LogP contribution in [-0.2, 0) is 25.4 Å². The van der Waals surface area contributed by atoms with Crippen molar-refractivity contribution in [3.63, 3.8) is 0 Å². The molecule has 0 bridgehead atoms. The van der Waals surface area contributed by atoms with Gasteiger partial charge in [-0.15, -0.1) is 11.3 Å². The van der Waals surface area contributed by atoms with Crippen molar-refractivity contribution >= 4 is 33.5 Å². The van der Waals surface area contributed by atoms with E-state index in [2.05, 4.69) is 21.4 Å². The molecule has 0 radical (unpaired) electrons. The molecule has 1 aromatic carbocycles. The highest BCUT2D eigenvalue weighted by Gasteiger charge is 2.16. The van der Waals surface area contributed by atoms with E-state index >= 15 is 0 Å². The summed E-state index contributed by atoms with van der Waals surface area (Å²) in [5.74, 6) is -0.341. The van der Waals surface area contributed by atoms with Crippen LogP contribution >= 0.6 is 11.3 Å². The highest BCUT2D eigenvalue weighted by Crippen LogP contribution is 2.26. The molecule has 0 spiro atoms. The number of carbonyl (C=O) groups is 1. The number of amides is 1. The SMILES string of the molecule is Cc1cc(C)cc(-c2csc(NC(=O)Cn3cnc4c3c(=O)n(C)c(=O)n4C)n2)c1. The standard InChI is InChI=1S/C20H20N6O3S/c1-11-5-12(2)7-13(6-11)14-9-30-19(22-14)23-15(27)8-26-10-21-17-16(26)18(28)25(4)20(29)24(17)3/h5-7,9-10H,8H2,1-4H3,(H,22,23,27). The van der Waals surface area contributed by atoms with E-state index in [1.165, 1.54) is 40.9 Å². The zero-order valence-electron chi connectivity index (χ0n) is 17.0. The monoisotopic (exact) mass is 424 g/mol. The molecule has 0 unspecified atom stereocenters. The van der Waals surface area contributed by atoms with Gasteiger partial charge in [-0.05, 0) is 26.0 Å². The summed E-state index contributed by atoms with van der Waals surface area (Å²) in [5, 5.41) is 5.13. The Kier molecular flexibility index (Phi) is 4.86. The number of nitrogens with one attached hydrogen (secondary N) is 1. The maximum Gasteiger partial charge on any atom is 0.332 e. The molecule has 0 atom stereocenters. The molecule has 0 saturated carbocycles. The van der Waals surface area contributed by atoms with Crippen LogP contribution in [0.3, 0.4) is 0 Å². The number of rotatable bonds is 4. The van der Waals surface area contributed by atoms with Gasteiger partial charge in [-0.1, -0.05) is 17.2 Å². The second-order valence-corrected chi connectivity index (χ2v) is 8.07. The second kappa shape index (κ2) is 7.38. The predicted octanol–water partition coefficient (Wildman–Crippen LogP) is 1.81. The molecule has 3 aromatic heterocycles. The number of thiazole rings is 1. The molecule has 154 valence electrons. The molecular formula is C20H20N6O3S. The molecule has 1 amide bonds. The summed E-state index contributed by atoms with van der Waals surface area (Å²) in [5.41, 5.74) is 3.55. The minimum atomic E-state index is -0.496. The zero-order valence-corrected chi connectivity index (χ0v) is 17.8. The third-order valence-electron chi connectivity index (χ3n) is 4.80. The van der Waals surface area contributed by atoms with E-state index < -0.39 is 11.2 Å². The maximum absolute atomic E-state index is 12.6. The van der Waals surface area contributed by atoms with Crippen molar-refractivity contribution in [2.24, 2.45) is 14.1 Å². The van der Waals surface area contributed by atoms with Gasteiger partial charge in [0.05, 0.1) is 12.0 Å². The Bertz CT molecular complexity index is 1390. The molecular weight excluding hydrogens is 404 g/mol. The Balaban J connectivity index is 1.57. The largest absolute Gasteiger partial charge is 0.332 e. The number of fused-ring (bicyclic) bond motifs is 1. The molecule has 0 saturated heterocycles. The van der Waals surface area contributed by atoms with Crippen LogP contribution in [0.15, 0.2) is 39.5 Å². The van der Waals surface area contributed by atoms with Crippen molar-refractivity contribution in [2.75, 3.05) is 5.32 Å². The first-order valence-corrected chi connectivity index (χ1v) is 10.1. The van der Waals surface area contributed by atoms with E-state index in [4.69, 9.17) is 0 Å². The molecule has 4 aromatic rings. The average Bonchev–Trinajstić information content (AvgIpc) is 3.31. The smallest absolute Gasteiger partial charge is 0.315 e. The molecule has 10 heteroatoms. The molecule has 4 rings (SSSR count). The van der Waals surface area contributed by atoms with Crippen LogP contribution in [0.1, 0.15) is 11.1 Å². The first kappa shape index (κ1) is 19.8. The van der Waals surface area contributed by atoms with Crippen LogP contribution in [0.2, 0.25) is 0 Å². The Morgan fingerprint density at radius 1 is 1.10 bits per heavy atom. The van der Waals surface area contributed by atoms with E-state index in [-0.39, 0.29) is 23.6 Å². The third kappa shape index (κ3) is 3.45. The lowest BCUT2D eigenvalue weighted by atomic mass is 10.1. The van der Waals surface area contributed by atoms with Crippen molar-refractivity contribution in [3.8, 4) is 11.3 Å². The van der Waals surface area contributed by atoms with Crippen LogP contribution in [0.5, 0.6) is 0 Å². The number of aryl methyl sites for hydroxylation is 3. The minimum Gasteiger partial charge on any atom is -0.315 e. The molecule has 30 heavy (non-hydrogen) atoms. The van der Waals surface area contributed by atoms with Crippen LogP contribution in [0.4, 0.5) is 5.13 Å². The van der Waals surface area contributed by atoms with Gasteiger partial charge in [-0.2, -0.15) is 0 Å². The highest BCUT2D eigenvalue weighted by molar-refractivity contribution is 7.14. The number of aromatic nitrogens is 5. The fourth-order valence-electron chi connectivity index (χ4n) is 3.42. The highest BCUT2D eigenvalue weighted by atomic mass is 32.1. The molecule has 0 fully saturated rings. The Labute approximate surface area is 175 Å². The zero-order chi connectivity index (χ0) is 21.6. The first-order chi connectivity index (χ1) is 14.2. The van der Waals surface area contributed by atoms with E-state index in [1.807, 2.05) is 31.4 Å². The maximum atomic E-state index is 12.6. The number of carbonyl (C=O) groups excluding carboxylic acids is 1. The summed E-state index contributed by atoms with van der Waals surface area (Å²) in [6.45, 7) is 3.94. The lowest BCUT2D eigenvalue weighted by Crippen LogP contribution is -2.37. The molecule has 0 aliphatic carbocycles. The number of imidazole rings is 1. The molecule has 3 heterocycles. The molecule has 9 nitrogen and oxygen atoms in total. The Morgan fingerprint density at radius 2 is 1.80 bits per heavy atom. The summed E-state index contributed by atoms with van der Waals surface area (Å²) in [6.07, 6.45) is 1.38. The first-order valence-electron chi connectivity index (χ1n) is 9.19. The van der Waals surface area contributed by atoms with Gasteiger partial charge in [0.25, 0.3) is 5.56 Å². The molecule has 0 aliphatic rings. The van der Waals surface area contributed by atoms with Gasteiger partial charge in [-0.25, -0.2) is 14.8 Å².